The number of aliphatic hydroxyl groups excluding tert-OH is 1. The molecule has 2 fully saturated rings. The molecule has 1 N–H and O–H groups in total. The highest BCUT2D eigenvalue weighted by Gasteiger charge is 2.35. The first-order valence-corrected chi connectivity index (χ1v) is 11.2. The Morgan fingerprint density at radius 1 is 1.25 bits per heavy atom. The number of nitrogens with zero attached hydrogens (tertiary/aromatic N) is 2. The normalized spacial score (nSPS) is 26.7. The van der Waals surface area contributed by atoms with E-state index in [4.69, 9.17) is 0 Å². The molecular weight excluding hydrogens is 344 g/mol. The van der Waals surface area contributed by atoms with Crippen LogP contribution in [0.1, 0.15) is 41.4 Å². The monoisotopic (exact) mass is 372 g/mol. The van der Waals surface area contributed by atoms with E-state index >= 15 is 0 Å². The smallest absolute Gasteiger partial charge is 0.214 e. The maximum absolute atomic E-state index is 12.0. The van der Waals surface area contributed by atoms with E-state index in [0.29, 0.717) is 13.1 Å². The van der Waals surface area contributed by atoms with Crippen molar-refractivity contribution in [3.05, 3.63) is 21.9 Å². The van der Waals surface area contributed by atoms with Gasteiger partial charge in [0.15, 0.2) is 0 Å². The maximum atomic E-state index is 12.0. The highest BCUT2D eigenvalue weighted by atomic mass is 32.2. The van der Waals surface area contributed by atoms with E-state index in [1.54, 1.807) is 14.1 Å². The van der Waals surface area contributed by atoms with E-state index in [1.807, 2.05) is 11.3 Å². The minimum absolute atomic E-state index is 0.0232. The Morgan fingerprint density at radius 2 is 1.96 bits per heavy atom. The summed E-state index contributed by atoms with van der Waals surface area (Å²) in [6.07, 6.45) is 4.75. The first-order chi connectivity index (χ1) is 11.3. The molecule has 1 aromatic rings. The number of likely N-dealkylation sites (tertiary alicyclic amines) is 1. The summed E-state index contributed by atoms with van der Waals surface area (Å²) >= 11 is 1.89. The zero-order chi connectivity index (χ0) is 17.3. The van der Waals surface area contributed by atoms with Gasteiger partial charge >= 0.3 is 0 Å². The Hall–Kier alpha value is -0.470. The lowest BCUT2D eigenvalue weighted by Gasteiger charge is -2.17. The van der Waals surface area contributed by atoms with Gasteiger partial charge in [-0.1, -0.05) is 12.8 Å². The number of rotatable bonds is 6. The lowest BCUT2D eigenvalue weighted by Crippen LogP contribution is -2.33. The lowest BCUT2D eigenvalue weighted by atomic mass is 10.1. The summed E-state index contributed by atoms with van der Waals surface area (Å²) in [6, 6.07) is 4.46. The van der Waals surface area contributed by atoms with Crippen LogP contribution in [0.3, 0.4) is 0 Å². The van der Waals surface area contributed by atoms with Gasteiger partial charge in [-0.2, -0.15) is 0 Å². The third-order valence-corrected chi connectivity index (χ3v) is 8.48. The fourth-order valence-corrected chi connectivity index (χ4v) is 6.17. The molecule has 2 heterocycles. The van der Waals surface area contributed by atoms with Gasteiger partial charge in [-0.05, 0) is 30.9 Å². The van der Waals surface area contributed by atoms with Crippen molar-refractivity contribution in [3.8, 4) is 0 Å². The highest BCUT2D eigenvalue weighted by molar-refractivity contribution is 7.89. The molecule has 0 bridgehead atoms. The summed E-state index contributed by atoms with van der Waals surface area (Å²) in [5.74, 6) is 0.563. The number of aliphatic hydroxyl groups is 1. The minimum atomic E-state index is -3.27. The zero-order valence-corrected chi connectivity index (χ0v) is 16.2. The second kappa shape index (κ2) is 7.41. The van der Waals surface area contributed by atoms with E-state index < -0.39 is 16.1 Å². The van der Waals surface area contributed by atoms with Gasteiger partial charge in [0.25, 0.3) is 0 Å². The number of sulfonamides is 1. The van der Waals surface area contributed by atoms with Crippen LogP contribution in [-0.2, 0) is 16.6 Å². The average Bonchev–Trinajstić information content (AvgIpc) is 3.21. The average molecular weight is 373 g/mol. The van der Waals surface area contributed by atoms with Crippen molar-refractivity contribution in [2.24, 2.45) is 5.92 Å². The van der Waals surface area contributed by atoms with Crippen molar-refractivity contribution in [2.45, 2.75) is 44.2 Å². The molecule has 5 nitrogen and oxygen atoms in total. The standard InChI is InChI=1S/C17H28N2O3S2/c1-18(2)24(21,22)12-14-9-19(11-16(14)20)10-15-7-8-17(23-15)13-5-3-4-6-13/h7-8,13-14,16,20H,3-6,9-12H2,1-2H3/t14-,16-/m0/s1. The Labute approximate surface area is 149 Å². The van der Waals surface area contributed by atoms with Crippen molar-refractivity contribution in [1.82, 2.24) is 9.21 Å². The molecule has 1 aliphatic heterocycles. The number of β-amino-alcohol motifs (C(OH)–C–C–N with tert-alkyl or cyclic N) is 1. The Bertz CT molecular complexity index is 651. The molecule has 1 saturated heterocycles. The Kier molecular flexibility index (Phi) is 5.66. The zero-order valence-electron chi connectivity index (χ0n) is 14.5. The maximum Gasteiger partial charge on any atom is 0.214 e. The van der Waals surface area contributed by atoms with Crippen LogP contribution in [0, 0.1) is 5.92 Å². The van der Waals surface area contributed by atoms with Gasteiger partial charge in [0.1, 0.15) is 0 Å². The molecule has 0 unspecified atom stereocenters. The molecule has 3 rings (SSSR count). The van der Waals surface area contributed by atoms with Crippen molar-refractivity contribution >= 4 is 21.4 Å². The van der Waals surface area contributed by atoms with Crippen LogP contribution in [0.2, 0.25) is 0 Å². The first kappa shape index (κ1) is 18.3. The molecule has 136 valence electrons. The third kappa shape index (κ3) is 4.19. The van der Waals surface area contributed by atoms with Crippen LogP contribution < -0.4 is 0 Å². The summed E-state index contributed by atoms with van der Waals surface area (Å²) < 4.78 is 25.3. The van der Waals surface area contributed by atoms with Gasteiger partial charge in [-0.25, -0.2) is 12.7 Å². The third-order valence-electron chi connectivity index (χ3n) is 5.28. The summed E-state index contributed by atoms with van der Waals surface area (Å²) in [7, 11) is -0.176. The van der Waals surface area contributed by atoms with Crippen LogP contribution in [0.15, 0.2) is 12.1 Å². The topological polar surface area (TPSA) is 60.9 Å². The minimum Gasteiger partial charge on any atom is -0.391 e. The molecule has 7 heteroatoms. The van der Waals surface area contributed by atoms with Crippen LogP contribution in [-0.4, -0.2) is 61.8 Å². The SMILES string of the molecule is CN(C)S(=O)(=O)C[C@@H]1CN(Cc2ccc(C3CCCC3)s2)C[C@@H]1O. The molecule has 1 saturated carbocycles. The van der Waals surface area contributed by atoms with Gasteiger partial charge < -0.3 is 5.11 Å². The summed E-state index contributed by atoms with van der Waals surface area (Å²) in [6.45, 7) is 2.02. The highest BCUT2D eigenvalue weighted by Crippen LogP contribution is 2.38. The molecule has 2 atom stereocenters. The molecule has 1 aliphatic carbocycles. The molecule has 0 radical (unpaired) electrons. The summed E-state index contributed by atoms with van der Waals surface area (Å²) in [5.41, 5.74) is 0. The second-order valence-corrected chi connectivity index (χ2v) is 10.8. The lowest BCUT2D eigenvalue weighted by molar-refractivity contribution is 0.148. The quantitative estimate of drug-likeness (QED) is 0.831. The molecule has 2 aliphatic rings. The molecule has 24 heavy (non-hydrogen) atoms. The largest absolute Gasteiger partial charge is 0.391 e. The van der Waals surface area contributed by atoms with E-state index in [-0.39, 0.29) is 11.7 Å². The Balaban J connectivity index is 1.57. The number of thiophene rings is 1. The fraction of sp³-hybridized carbons (Fsp3) is 0.765. The van der Waals surface area contributed by atoms with Crippen LogP contribution >= 0.6 is 11.3 Å². The van der Waals surface area contributed by atoms with E-state index in [1.165, 1.54) is 39.7 Å². The molecule has 0 aromatic carbocycles. The predicted molar refractivity (Wildman–Crippen MR) is 97.8 cm³/mol. The number of hydrogen-bond donors (Lipinski definition) is 1. The van der Waals surface area contributed by atoms with Crippen LogP contribution in [0.4, 0.5) is 0 Å². The fourth-order valence-electron chi connectivity index (χ4n) is 3.78. The van der Waals surface area contributed by atoms with Gasteiger partial charge in [0.2, 0.25) is 10.0 Å². The molecule has 0 spiro atoms. The molecular formula is C17H28N2O3S2. The second-order valence-electron chi connectivity index (χ2n) is 7.37. The Morgan fingerprint density at radius 3 is 2.62 bits per heavy atom. The number of hydrogen-bond acceptors (Lipinski definition) is 5. The van der Waals surface area contributed by atoms with Gasteiger partial charge in [-0.15, -0.1) is 11.3 Å². The summed E-state index contributed by atoms with van der Waals surface area (Å²) in [5, 5.41) is 10.2. The van der Waals surface area contributed by atoms with Crippen molar-refractivity contribution in [3.63, 3.8) is 0 Å². The van der Waals surface area contributed by atoms with Crippen molar-refractivity contribution in [1.29, 1.82) is 0 Å². The predicted octanol–water partition coefficient (Wildman–Crippen LogP) is 2.09. The van der Waals surface area contributed by atoms with E-state index in [9.17, 15) is 13.5 Å². The van der Waals surface area contributed by atoms with Gasteiger partial charge in [0, 0.05) is 49.4 Å². The molecule has 1 aromatic heterocycles. The van der Waals surface area contributed by atoms with Gasteiger partial charge in [0.05, 0.1) is 11.9 Å². The van der Waals surface area contributed by atoms with Gasteiger partial charge in [-0.3, -0.25) is 4.90 Å². The van der Waals surface area contributed by atoms with Crippen molar-refractivity contribution < 1.29 is 13.5 Å². The van der Waals surface area contributed by atoms with Crippen LogP contribution in [0.25, 0.3) is 0 Å². The van der Waals surface area contributed by atoms with Crippen molar-refractivity contribution in [2.75, 3.05) is 32.9 Å². The van der Waals surface area contributed by atoms with Crippen LogP contribution in [0.5, 0.6) is 0 Å². The summed E-state index contributed by atoms with van der Waals surface area (Å²) in [4.78, 5) is 5.00. The first-order valence-electron chi connectivity index (χ1n) is 8.74. The van der Waals surface area contributed by atoms with E-state index in [2.05, 4.69) is 17.0 Å². The van der Waals surface area contributed by atoms with E-state index in [0.717, 1.165) is 12.5 Å². The molecule has 0 amide bonds.